The molecule has 0 unspecified atom stereocenters. The van der Waals surface area contributed by atoms with Crippen LogP contribution in [0.2, 0.25) is 5.02 Å². The minimum Gasteiger partial charge on any atom is -0.424 e. The lowest BCUT2D eigenvalue weighted by atomic mass is 10.1. The number of nitrogens with zero attached hydrogens (tertiary/aromatic N) is 3. The second-order valence-corrected chi connectivity index (χ2v) is 6.89. The Labute approximate surface area is 168 Å². The summed E-state index contributed by atoms with van der Waals surface area (Å²) in [5.74, 6) is 0.263. The smallest absolute Gasteiger partial charge is 0.417 e. The first-order chi connectivity index (χ1) is 13.7. The number of hydrogen-bond acceptors (Lipinski definition) is 5. The van der Waals surface area contributed by atoms with Gasteiger partial charge in [0.15, 0.2) is 0 Å². The van der Waals surface area contributed by atoms with Gasteiger partial charge in [-0.2, -0.15) is 18.2 Å². The first-order valence-corrected chi connectivity index (χ1v) is 8.84. The summed E-state index contributed by atoms with van der Waals surface area (Å²) in [6.45, 7) is 3.93. The van der Waals surface area contributed by atoms with Gasteiger partial charge >= 0.3 is 12.2 Å². The van der Waals surface area contributed by atoms with Crippen molar-refractivity contribution in [3.8, 4) is 23.2 Å². The maximum absolute atomic E-state index is 13.0. The molecule has 29 heavy (non-hydrogen) atoms. The molecule has 0 aliphatic heterocycles. The van der Waals surface area contributed by atoms with E-state index >= 15 is 0 Å². The summed E-state index contributed by atoms with van der Waals surface area (Å²) < 4.78 is 50.1. The van der Waals surface area contributed by atoms with Gasteiger partial charge in [-0.25, -0.2) is 9.97 Å². The molecule has 0 fully saturated rings. The number of ether oxygens (including phenoxy) is 1. The zero-order valence-electron chi connectivity index (χ0n) is 15.2. The second kappa shape index (κ2) is 7.04. The van der Waals surface area contributed by atoms with Gasteiger partial charge in [0.25, 0.3) is 5.71 Å². The van der Waals surface area contributed by atoms with Crippen LogP contribution in [-0.2, 0) is 6.18 Å². The van der Waals surface area contributed by atoms with Gasteiger partial charge in [-0.15, -0.1) is 0 Å². The number of rotatable bonds is 3. The maximum Gasteiger partial charge on any atom is 0.417 e. The Hall–Kier alpha value is -3.13. The first-order valence-electron chi connectivity index (χ1n) is 8.46. The van der Waals surface area contributed by atoms with E-state index in [9.17, 15) is 13.2 Å². The molecule has 0 saturated heterocycles. The van der Waals surface area contributed by atoms with Gasteiger partial charge in [0.2, 0.25) is 5.89 Å². The molecule has 0 saturated carbocycles. The summed E-state index contributed by atoms with van der Waals surface area (Å²) >= 11 is 5.62. The Morgan fingerprint density at radius 2 is 1.72 bits per heavy atom. The van der Waals surface area contributed by atoms with E-state index in [0.29, 0.717) is 11.4 Å². The lowest BCUT2D eigenvalue weighted by molar-refractivity contribution is -0.137. The van der Waals surface area contributed by atoms with E-state index < -0.39 is 16.8 Å². The van der Waals surface area contributed by atoms with Crippen LogP contribution in [0.15, 0.2) is 47.0 Å². The molecule has 0 amide bonds. The quantitative estimate of drug-likeness (QED) is 0.386. The third-order valence-corrected chi connectivity index (χ3v) is 4.38. The fourth-order valence-electron chi connectivity index (χ4n) is 2.88. The molecule has 0 bridgehead atoms. The minimum absolute atomic E-state index is 0.102. The molecular weight excluding hydrogens is 407 g/mol. The Bertz CT molecular complexity index is 1200. The number of alkyl halides is 3. The minimum atomic E-state index is -4.60. The molecular formula is C20H13ClF3N3O2. The fraction of sp³-hybridized carbons (Fsp3) is 0.150. The molecule has 0 radical (unpaired) electrons. The molecule has 5 nitrogen and oxygen atoms in total. The molecule has 0 aliphatic carbocycles. The van der Waals surface area contributed by atoms with E-state index in [1.165, 1.54) is 12.3 Å². The summed E-state index contributed by atoms with van der Waals surface area (Å²) in [4.78, 5) is 12.4. The van der Waals surface area contributed by atoms with Crippen molar-refractivity contribution >= 4 is 22.8 Å². The highest BCUT2D eigenvalue weighted by atomic mass is 35.5. The number of halogens is 4. The van der Waals surface area contributed by atoms with E-state index in [0.717, 1.165) is 28.8 Å². The zero-order valence-corrected chi connectivity index (χ0v) is 16.0. The number of fused-ring (bicyclic) bond motifs is 1. The SMILES string of the molecule is Cc1cc(C)cc(-c2nc3cnc(Oc4ccc(Cl)c(C(F)(F)F)c4)nc3o2)c1. The highest BCUT2D eigenvalue weighted by Gasteiger charge is 2.33. The van der Waals surface area contributed by atoms with E-state index in [2.05, 4.69) is 15.0 Å². The number of aromatic nitrogens is 3. The van der Waals surface area contributed by atoms with Crippen molar-refractivity contribution in [1.29, 1.82) is 0 Å². The molecule has 0 aliphatic rings. The van der Waals surface area contributed by atoms with Crippen molar-refractivity contribution in [3.63, 3.8) is 0 Å². The van der Waals surface area contributed by atoms with Crippen LogP contribution in [0.5, 0.6) is 11.8 Å². The largest absolute Gasteiger partial charge is 0.424 e. The number of aryl methyl sites for hydroxylation is 2. The summed E-state index contributed by atoms with van der Waals surface area (Å²) in [7, 11) is 0. The van der Waals surface area contributed by atoms with Crippen molar-refractivity contribution in [3.05, 3.63) is 64.3 Å². The second-order valence-electron chi connectivity index (χ2n) is 6.48. The third-order valence-electron chi connectivity index (χ3n) is 4.05. The lowest BCUT2D eigenvalue weighted by Gasteiger charge is -2.10. The summed E-state index contributed by atoms with van der Waals surface area (Å²) in [6.07, 6.45) is -3.22. The highest BCUT2D eigenvalue weighted by Crippen LogP contribution is 2.37. The van der Waals surface area contributed by atoms with Crippen LogP contribution in [0.4, 0.5) is 13.2 Å². The molecule has 2 aromatic carbocycles. The van der Waals surface area contributed by atoms with Gasteiger partial charge < -0.3 is 9.15 Å². The van der Waals surface area contributed by atoms with Gasteiger partial charge in [-0.05, 0) is 44.2 Å². The number of hydrogen-bond donors (Lipinski definition) is 0. The summed E-state index contributed by atoms with van der Waals surface area (Å²) in [5.41, 5.74) is 2.46. The average molecular weight is 420 g/mol. The monoisotopic (exact) mass is 419 g/mol. The first kappa shape index (κ1) is 19.2. The Morgan fingerprint density at radius 1 is 1.00 bits per heavy atom. The summed E-state index contributed by atoms with van der Waals surface area (Å²) in [5, 5.41) is -0.422. The van der Waals surface area contributed by atoms with Gasteiger partial charge in [0.1, 0.15) is 11.3 Å². The normalized spacial score (nSPS) is 11.8. The van der Waals surface area contributed by atoms with Crippen molar-refractivity contribution in [2.75, 3.05) is 0 Å². The highest BCUT2D eigenvalue weighted by molar-refractivity contribution is 6.31. The Balaban J connectivity index is 1.66. The molecule has 0 atom stereocenters. The van der Waals surface area contributed by atoms with Crippen molar-refractivity contribution in [1.82, 2.24) is 15.0 Å². The maximum atomic E-state index is 13.0. The molecule has 2 aromatic heterocycles. The number of oxazole rings is 1. The molecule has 0 N–H and O–H groups in total. The van der Waals surface area contributed by atoms with E-state index in [4.69, 9.17) is 20.8 Å². The molecule has 2 heterocycles. The predicted octanol–water partition coefficient (Wildman–Crippen LogP) is 6.37. The Morgan fingerprint density at radius 3 is 2.41 bits per heavy atom. The van der Waals surface area contributed by atoms with Crippen LogP contribution in [0, 0.1) is 13.8 Å². The number of benzene rings is 2. The van der Waals surface area contributed by atoms with Crippen molar-refractivity contribution in [2.45, 2.75) is 20.0 Å². The van der Waals surface area contributed by atoms with Gasteiger partial charge in [-0.3, -0.25) is 0 Å². The predicted molar refractivity (Wildman–Crippen MR) is 101 cm³/mol. The lowest BCUT2D eigenvalue weighted by Crippen LogP contribution is -2.06. The third kappa shape index (κ3) is 4.02. The fourth-order valence-corrected chi connectivity index (χ4v) is 3.11. The van der Waals surface area contributed by atoms with Gasteiger partial charge in [0.05, 0.1) is 16.8 Å². The average Bonchev–Trinajstić information content (AvgIpc) is 3.05. The van der Waals surface area contributed by atoms with Crippen molar-refractivity contribution in [2.24, 2.45) is 0 Å². The van der Waals surface area contributed by atoms with Crippen LogP contribution >= 0.6 is 11.6 Å². The van der Waals surface area contributed by atoms with E-state index in [1.54, 1.807) is 0 Å². The topological polar surface area (TPSA) is 61.0 Å². The molecule has 9 heteroatoms. The molecule has 148 valence electrons. The van der Waals surface area contributed by atoms with Crippen LogP contribution in [0.3, 0.4) is 0 Å². The zero-order chi connectivity index (χ0) is 20.8. The Kier molecular flexibility index (Phi) is 4.66. The van der Waals surface area contributed by atoms with E-state index in [1.807, 2.05) is 32.0 Å². The van der Waals surface area contributed by atoms with Crippen molar-refractivity contribution < 1.29 is 22.3 Å². The van der Waals surface area contributed by atoms with Crippen LogP contribution in [-0.4, -0.2) is 15.0 Å². The standard InChI is InChI=1S/C20H13ClF3N3O2/c1-10-5-11(2)7-12(6-10)17-26-16-9-25-19(27-18(16)29-17)28-13-3-4-15(21)14(8-13)20(22,23)24/h3-9H,1-2H3. The molecule has 4 rings (SSSR count). The summed E-state index contributed by atoms with van der Waals surface area (Å²) in [6, 6.07) is 8.90. The van der Waals surface area contributed by atoms with E-state index in [-0.39, 0.29) is 17.5 Å². The molecule has 4 aromatic rings. The van der Waals surface area contributed by atoms with Gasteiger partial charge in [-0.1, -0.05) is 28.8 Å². The van der Waals surface area contributed by atoms with Crippen LogP contribution in [0.1, 0.15) is 16.7 Å². The van der Waals surface area contributed by atoms with Crippen LogP contribution in [0.25, 0.3) is 22.7 Å². The van der Waals surface area contributed by atoms with Gasteiger partial charge in [0, 0.05) is 5.56 Å². The molecule has 0 spiro atoms. The van der Waals surface area contributed by atoms with Crippen LogP contribution < -0.4 is 4.74 Å².